The predicted octanol–water partition coefficient (Wildman–Crippen LogP) is 5.15. The van der Waals surface area contributed by atoms with Crippen LogP contribution < -0.4 is 4.74 Å². The summed E-state index contributed by atoms with van der Waals surface area (Å²) in [5.41, 5.74) is 2.33. The van der Waals surface area contributed by atoms with Crippen molar-refractivity contribution in [1.29, 1.82) is 0 Å². The van der Waals surface area contributed by atoms with Gasteiger partial charge in [-0.25, -0.2) is 0 Å². The summed E-state index contributed by atoms with van der Waals surface area (Å²) in [6.07, 6.45) is 0. The van der Waals surface area contributed by atoms with E-state index in [1.165, 1.54) is 4.90 Å². The highest BCUT2D eigenvalue weighted by molar-refractivity contribution is 6.16. The number of carbonyl (C=O) groups excluding carboxylic acids is 2. The molecule has 188 valence electrons. The van der Waals surface area contributed by atoms with Gasteiger partial charge in [0.2, 0.25) is 5.78 Å². The third kappa shape index (κ3) is 4.99. The number of fused-ring (bicyclic) bond motifs is 1. The number of nitrogens with zero attached hydrogens (tertiary/aromatic N) is 2. The number of ketones is 1. The van der Waals surface area contributed by atoms with Gasteiger partial charge in [-0.05, 0) is 49.5 Å². The minimum atomic E-state index is -0.753. The van der Waals surface area contributed by atoms with Gasteiger partial charge in [-0.2, -0.15) is 0 Å². The molecule has 1 N–H and O–H groups in total. The van der Waals surface area contributed by atoms with Gasteiger partial charge in [0, 0.05) is 18.5 Å². The summed E-state index contributed by atoms with van der Waals surface area (Å²) in [6.45, 7) is 1.33. The first-order valence-corrected chi connectivity index (χ1v) is 12.1. The number of aliphatic hydroxyl groups excluding tert-OH is 1. The van der Waals surface area contributed by atoms with Crippen molar-refractivity contribution in [3.63, 3.8) is 0 Å². The SMILES string of the molecule is CN(C)CCN1C(=O)C(O)=C(C(=O)c2cc3ccccc3o2)C1c1ccc(OCc2ccccc2)cc1. The van der Waals surface area contributed by atoms with Crippen LogP contribution in [-0.2, 0) is 11.4 Å². The predicted molar refractivity (Wildman–Crippen MR) is 140 cm³/mol. The monoisotopic (exact) mass is 496 g/mol. The van der Waals surface area contributed by atoms with Crippen molar-refractivity contribution in [3.05, 3.63) is 113 Å². The number of carbonyl (C=O) groups is 2. The van der Waals surface area contributed by atoms with Crippen LogP contribution in [0.2, 0.25) is 0 Å². The molecule has 0 aliphatic carbocycles. The molecule has 2 heterocycles. The number of para-hydroxylation sites is 1. The molecule has 1 amide bonds. The second-order valence-corrected chi connectivity index (χ2v) is 9.29. The third-order valence-corrected chi connectivity index (χ3v) is 6.43. The van der Waals surface area contributed by atoms with Crippen LogP contribution in [0, 0.1) is 0 Å². The fraction of sp³-hybridized carbons (Fsp3) is 0.200. The minimum Gasteiger partial charge on any atom is -0.503 e. The summed E-state index contributed by atoms with van der Waals surface area (Å²) >= 11 is 0. The molecular weight excluding hydrogens is 468 g/mol. The summed E-state index contributed by atoms with van der Waals surface area (Å²) < 4.78 is 11.7. The first-order chi connectivity index (χ1) is 17.9. The molecule has 3 aromatic carbocycles. The number of likely N-dealkylation sites (N-methyl/N-ethyl adjacent to an activating group) is 1. The lowest BCUT2D eigenvalue weighted by Crippen LogP contribution is -2.36. The molecule has 4 aromatic rings. The van der Waals surface area contributed by atoms with Crippen LogP contribution in [0.3, 0.4) is 0 Å². The fourth-order valence-electron chi connectivity index (χ4n) is 4.48. The maximum absolute atomic E-state index is 13.6. The van der Waals surface area contributed by atoms with Crippen LogP contribution in [0.15, 0.2) is 101 Å². The Kier molecular flexibility index (Phi) is 6.79. The summed E-state index contributed by atoms with van der Waals surface area (Å²) in [4.78, 5) is 30.3. The molecule has 0 saturated heterocycles. The highest BCUT2D eigenvalue weighted by atomic mass is 16.5. The van der Waals surface area contributed by atoms with E-state index in [0.717, 1.165) is 10.9 Å². The smallest absolute Gasteiger partial charge is 0.290 e. The Bertz CT molecular complexity index is 1420. The van der Waals surface area contributed by atoms with Gasteiger partial charge in [0.25, 0.3) is 5.91 Å². The maximum Gasteiger partial charge on any atom is 0.290 e. The van der Waals surface area contributed by atoms with Crippen molar-refractivity contribution in [1.82, 2.24) is 9.80 Å². The first kappa shape index (κ1) is 24.3. The second kappa shape index (κ2) is 10.3. The van der Waals surface area contributed by atoms with E-state index in [1.807, 2.05) is 91.8 Å². The number of hydrogen-bond donors (Lipinski definition) is 1. The highest BCUT2D eigenvalue weighted by Crippen LogP contribution is 2.40. The Balaban J connectivity index is 1.46. The van der Waals surface area contributed by atoms with E-state index in [2.05, 4.69) is 0 Å². The molecule has 37 heavy (non-hydrogen) atoms. The van der Waals surface area contributed by atoms with Gasteiger partial charge in [0.1, 0.15) is 17.9 Å². The van der Waals surface area contributed by atoms with E-state index in [0.29, 0.717) is 36.6 Å². The van der Waals surface area contributed by atoms with Gasteiger partial charge in [0.05, 0.1) is 11.6 Å². The number of hydrogen-bond acceptors (Lipinski definition) is 6. The topological polar surface area (TPSA) is 83.2 Å². The summed E-state index contributed by atoms with van der Waals surface area (Å²) in [5.74, 6) is -0.883. The number of rotatable bonds is 9. The molecule has 0 saturated carbocycles. The van der Waals surface area contributed by atoms with Crippen molar-refractivity contribution in [3.8, 4) is 5.75 Å². The lowest BCUT2D eigenvalue weighted by Gasteiger charge is -2.28. The van der Waals surface area contributed by atoms with Crippen LogP contribution in [0.4, 0.5) is 0 Å². The van der Waals surface area contributed by atoms with E-state index in [1.54, 1.807) is 12.1 Å². The average Bonchev–Trinajstić information content (AvgIpc) is 3.46. The molecular formula is C30H28N2O5. The summed E-state index contributed by atoms with van der Waals surface area (Å²) in [5, 5.41) is 11.7. The Morgan fingerprint density at radius 1 is 1.00 bits per heavy atom. The quantitative estimate of drug-likeness (QED) is 0.323. The van der Waals surface area contributed by atoms with Crippen molar-refractivity contribution in [2.24, 2.45) is 0 Å². The number of amides is 1. The van der Waals surface area contributed by atoms with Gasteiger partial charge in [-0.1, -0.05) is 60.7 Å². The average molecular weight is 497 g/mol. The van der Waals surface area contributed by atoms with E-state index in [4.69, 9.17) is 9.15 Å². The molecule has 1 atom stereocenters. The number of benzene rings is 3. The number of furan rings is 1. The van der Waals surface area contributed by atoms with Crippen molar-refractivity contribution in [2.75, 3.05) is 27.2 Å². The summed E-state index contributed by atoms with van der Waals surface area (Å²) in [7, 11) is 3.81. The Labute approximate surface area is 215 Å². The van der Waals surface area contributed by atoms with Gasteiger partial charge >= 0.3 is 0 Å². The van der Waals surface area contributed by atoms with Gasteiger partial charge in [-0.15, -0.1) is 0 Å². The van der Waals surface area contributed by atoms with Crippen LogP contribution in [0.5, 0.6) is 5.75 Å². The molecule has 7 nitrogen and oxygen atoms in total. The number of ether oxygens (including phenoxy) is 1. The van der Waals surface area contributed by atoms with E-state index in [9.17, 15) is 14.7 Å². The second-order valence-electron chi connectivity index (χ2n) is 9.29. The van der Waals surface area contributed by atoms with Crippen LogP contribution in [0.25, 0.3) is 11.0 Å². The number of Topliss-reactive ketones (excluding diaryl/α,β-unsaturated/α-hetero) is 1. The zero-order valence-electron chi connectivity index (χ0n) is 20.8. The number of aliphatic hydroxyl groups is 1. The molecule has 7 heteroatoms. The zero-order chi connectivity index (χ0) is 25.9. The first-order valence-electron chi connectivity index (χ1n) is 12.1. The zero-order valence-corrected chi connectivity index (χ0v) is 20.8. The molecule has 0 radical (unpaired) electrons. The normalized spacial score (nSPS) is 15.7. The summed E-state index contributed by atoms with van der Waals surface area (Å²) in [6, 6.07) is 25.3. The molecule has 1 unspecified atom stereocenters. The van der Waals surface area contributed by atoms with Crippen LogP contribution >= 0.6 is 0 Å². The third-order valence-electron chi connectivity index (χ3n) is 6.43. The Morgan fingerprint density at radius 2 is 1.70 bits per heavy atom. The molecule has 0 fully saturated rings. The van der Waals surface area contributed by atoms with Gasteiger partial charge in [-0.3, -0.25) is 9.59 Å². The van der Waals surface area contributed by atoms with E-state index in [-0.39, 0.29) is 11.3 Å². The van der Waals surface area contributed by atoms with Crippen molar-refractivity contribution < 1.29 is 23.8 Å². The Hall–Kier alpha value is -4.36. The maximum atomic E-state index is 13.6. The molecule has 1 aliphatic heterocycles. The Morgan fingerprint density at radius 3 is 2.41 bits per heavy atom. The minimum absolute atomic E-state index is 0.0146. The van der Waals surface area contributed by atoms with Gasteiger partial charge < -0.3 is 24.1 Å². The largest absolute Gasteiger partial charge is 0.503 e. The lowest BCUT2D eigenvalue weighted by molar-refractivity contribution is -0.129. The van der Waals surface area contributed by atoms with Gasteiger partial charge in [0.15, 0.2) is 11.5 Å². The lowest BCUT2D eigenvalue weighted by atomic mass is 9.95. The molecule has 1 aliphatic rings. The highest BCUT2D eigenvalue weighted by Gasteiger charge is 2.44. The molecule has 5 rings (SSSR count). The fourth-order valence-corrected chi connectivity index (χ4v) is 4.48. The molecule has 0 bridgehead atoms. The van der Waals surface area contributed by atoms with E-state index < -0.39 is 23.5 Å². The van der Waals surface area contributed by atoms with E-state index >= 15 is 0 Å². The standard InChI is InChI=1S/C30H28N2O5/c1-31(2)16-17-32-27(21-12-14-23(15-13-21)36-19-20-8-4-3-5-9-20)26(29(34)30(32)35)28(33)25-18-22-10-6-7-11-24(22)37-25/h3-15,18,27,34H,16-17,19H2,1-2H3. The van der Waals surface area contributed by atoms with Crippen LogP contribution in [0.1, 0.15) is 27.7 Å². The van der Waals surface area contributed by atoms with Crippen molar-refractivity contribution >= 4 is 22.7 Å². The molecule has 1 aromatic heterocycles. The van der Waals surface area contributed by atoms with Crippen molar-refractivity contribution in [2.45, 2.75) is 12.6 Å². The van der Waals surface area contributed by atoms with Crippen LogP contribution in [-0.4, -0.2) is 53.8 Å². The molecule has 0 spiro atoms.